The molecule has 1 aromatic rings. The molecule has 1 aromatic carbocycles. The lowest BCUT2D eigenvalue weighted by Crippen LogP contribution is -2.37. The van der Waals surface area contributed by atoms with Crippen LogP contribution in [0.5, 0.6) is 0 Å². The van der Waals surface area contributed by atoms with Gasteiger partial charge in [-0.2, -0.15) is 0 Å². The molecule has 3 nitrogen and oxygen atoms in total. The zero-order chi connectivity index (χ0) is 14.8. The number of nitrogen functional groups attached to an aromatic ring is 1. The van der Waals surface area contributed by atoms with E-state index in [2.05, 4.69) is 31.7 Å². The Labute approximate surface area is 122 Å². The Balaban J connectivity index is 1.93. The number of rotatable bonds is 3. The minimum Gasteiger partial charge on any atom is -0.384 e. The predicted molar refractivity (Wildman–Crippen MR) is 84.9 cm³/mol. The first-order chi connectivity index (χ1) is 9.36. The van der Waals surface area contributed by atoms with Crippen molar-refractivity contribution in [1.82, 2.24) is 4.90 Å². The lowest BCUT2D eigenvalue weighted by molar-refractivity contribution is 0.108. The van der Waals surface area contributed by atoms with E-state index in [9.17, 15) is 0 Å². The third-order valence-electron chi connectivity index (χ3n) is 4.46. The number of benzene rings is 1. The molecule has 3 heteroatoms. The van der Waals surface area contributed by atoms with Gasteiger partial charge >= 0.3 is 0 Å². The average Bonchev–Trinajstić information content (AvgIpc) is 2.38. The summed E-state index contributed by atoms with van der Waals surface area (Å²) in [5.41, 5.74) is 8.07. The maximum Gasteiger partial charge on any atom is 0.122 e. The molecular formula is C17H27N3. The number of nitrogens with one attached hydrogen (secondary N) is 1. The van der Waals surface area contributed by atoms with Crippen molar-refractivity contribution >= 4 is 5.84 Å². The summed E-state index contributed by atoms with van der Waals surface area (Å²) in [4.78, 5) is 2.52. The van der Waals surface area contributed by atoms with E-state index in [1.54, 1.807) is 0 Å². The number of likely N-dealkylation sites (tertiary alicyclic amines) is 1. The summed E-state index contributed by atoms with van der Waals surface area (Å²) in [6, 6.07) is 8.06. The van der Waals surface area contributed by atoms with Gasteiger partial charge in [-0.25, -0.2) is 0 Å². The second-order valence-corrected chi connectivity index (χ2v) is 7.03. The Morgan fingerprint density at radius 3 is 2.50 bits per heavy atom. The van der Waals surface area contributed by atoms with E-state index < -0.39 is 0 Å². The van der Waals surface area contributed by atoms with Crippen LogP contribution in [0.15, 0.2) is 24.3 Å². The highest BCUT2D eigenvalue weighted by Crippen LogP contribution is 2.34. The molecule has 0 aromatic heterocycles. The lowest BCUT2D eigenvalue weighted by atomic mass is 9.75. The highest BCUT2D eigenvalue weighted by molar-refractivity contribution is 5.95. The summed E-state index contributed by atoms with van der Waals surface area (Å²) in [5.74, 6) is 0.987. The topological polar surface area (TPSA) is 53.1 Å². The molecule has 0 bridgehead atoms. The molecule has 1 aliphatic rings. The molecular weight excluding hydrogens is 246 g/mol. The highest BCUT2D eigenvalue weighted by Gasteiger charge is 2.28. The summed E-state index contributed by atoms with van der Waals surface area (Å²) >= 11 is 0. The van der Waals surface area contributed by atoms with E-state index in [1.807, 2.05) is 18.2 Å². The zero-order valence-corrected chi connectivity index (χ0v) is 12.9. The van der Waals surface area contributed by atoms with Gasteiger partial charge < -0.3 is 5.73 Å². The Morgan fingerprint density at radius 2 is 1.95 bits per heavy atom. The summed E-state index contributed by atoms with van der Waals surface area (Å²) in [6.07, 6.45) is 2.58. The van der Waals surface area contributed by atoms with Gasteiger partial charge in [0.05, 0.1) is 0 Å². The van der Waals surface area contributed by atoms with E-state index in [4.69, 9.17) is 11.1 Å². The number of hydrogen-bond donors (Lipinski definition) is 2. The molecule has 1 heterocycles. The first-order valence-electron chi connectivity index (χ1n) is 7.52. The molecule has 0 atom stereocenters. The molecule has 0 amide bonds. The zero-order valence-electron chi connectivity index (χ0n) is 12.9. The summed E-state index contributed by atoms with van der Waals surface area (Å²) < 4.78 is 0. The van der Waals surface area contributed by atoms with Crippen LogP contribution in [-0.4, -0.2) is 23.8 Å². The van der Waals surface area contributed by atoms with E-state index >= 15 is 0 Å². The van der Waals surface area contributed by atoms with Gasteiger partial charge in [0.25, 0.3) is 0 Å². The summed E-state index contributed by atoms with van der Waals surface area (Å²) in [6.45, 7) is 10.4. The summed E-state index contributed by atoms with van der Waals surface area (Å²) in [5, 5.41) is 7.51. The average molecular weight is 273 g/mol. The van der Waals surface area contributed by atoms with Crippen LogP contribution in [0.25, 0.3) is 0 Å². The van der Waals surface area contributed by atoms with Crippen LogP contribution in [0.2, 0.25) is 0 Å². The van der Waals surface area contributed by atoms with E-state index in [-0.39, 0.29) is 5.84 Å². The Bertz CT molecular complexity index is 465. The van der Waals surface area contributed by atoms with Crippen molar-refractivity contribution in [2.75, 3.05) is 13.1 Å². The molecule has 0 saturated carbocycles. The van der Waals surface area contributed by atoms with Gasteiger partial charge in [-0.15, -0.1) is 0 Å². The number of hydrogen-bond acceptors (Lipinski definition) is 2. The van der Waals surface area contributed by atoms with Crippen molar-refractivity contribution in [3.05, 3.63) is 35.4 Å². The first kappa shape index (κ1) is 15.0. The van der Waals surface area contributed by atoms with Crippen molar-refractivity contribution < 1.29 is 0 Å². The predicted octanol–water partition coefficient (Wildman–Crippen LogP) is 3.23. The fourth-order valence-electron chi connectivity index (χ4n) is 3.05. The number of amidine groups is 1. The maximum absolute atomic E-state index is 7.51. The quantitative estimate of drug-likeness (QED) is 0.656. The largest absolute Gasteiger partial charge is 0.384 e. The van der Waals surface area contributed by atoms with Gasteiger partial charge in [0.15, 0.2) is 0 Å². The molecule has 2 rings (SSSR count). The lowest BCUT2D eigenvalue weighted by Gasteiger charge is -2.38. The van der Waals surface area contributed by atoms with Crippen molar-refractivity contribution in [3.63, 3.8) is 0 Å². The third kappa shape index (κ3) is 3.83. The molecule has 0 radical (unpaired) electrons. The fraction of sp³-hybridized carbons (Fsp3) is 0.588. The second-order valence-electron chi connectivity index (χ2n) is 7.03. The van der Waals surface area contributed by atoms with Crippen LogP contribution in [0.1, 0.15) is 44.7 Å². The van der Waals surface area contributed by atoms with Crippen LogP contribution in [0, 0.1) is 16.7 Å². The number of nitrogens with zero attached hydrogens (tertiary/aromatic N) is 1. The maximum atomic E-state index is 7.51. The van der Waals surface area contributed by atoms with Crippen molar-refractivity contribution in [2.45, 2.75) is 40.2 Å². The van der Waals surface area contributed by atoms with Gasteiger partial charge in [-0.3, -0.25) is 10.3 Å². The molecule has 0 aliphatic carbocycles. The second kappa shape index (κ2) is 5.96. The SMILES string of the molecule is CC(C)(C)C1CCN(Cc2cccc(C(=N)N)c2)CC1. The Morgan fingerprint density at radius 1 is 1.30 bits per heavy atom. The van der Waals surface area contributed by atoms with Gasteiger partial charge in [-0.1, -0.05) is 39.0 Å². The summed E-state index contributed by atoms with van der Waals surface area (Å²) in [7, 11) is 0. The molecule has 0 spiro atoms. The van der Waals surface area contributed by atoms with Crippen LogP contribution in [0.4, 0.5) is 0 Å². The molecule has 110 valence electrons. The van der Waals surface area contributed by atoms with E-state index in [0.29, 0.717) is 5.41 Å². The smallest absolute Gasteiger partial charge is 0.122 e. The monoisotopic (exact) mass is 273 g/mol. The molecule has 1 fully saturated rings. The van der Waals surface area contributed by atoms with Gasteiger partial charge in [0.2, 0.25) is 0 Å². The Hall–Kier alpha value is -1.35. The van der Waals surface area contributed by atoms with Crippen molar-refractivity contribution in [3.8, 4) is 0 Å². The molecule has 3 N–H and O–H groups in total. The molecule has 20 heavy (non-hydrogen) atoms. The minimum absolute atomic E-state index is 0.151. The normalized spacial score (nSPS) is 18.1. The molecule has 1 aliphatic heterocycles. The van der Waals surface area contributed by atoms with E-state index in [1.165, 1.54) is 31.5 Å². The minimum atomic E-state index is 0.151. The highest BCUT2D eigenvalue weighted by atomic mass is 15.1. The standard InChI is InChI=1S/C17H27N3/c1-17(2,3)15-7-9-20(10-8-15)12-13-5-4-6-14(11-13)16(18)19/h4-6,11,15H,7-10,12H2,1-3H3,(H3,18,19). The first-order valence-corrected chi connectivity index (χ1v) is 7.52. The number of piperidine rings is 1. The van der Waals surface area contributed by atoms with Gasteiger partial charge in [-0.05, 0) is 48.9 Å². The van der Waals surface area contributed by atoms with Crippen molar-refractivity contribution in [2.24, 2.45) is 17.1 Å². The van der Waals surface area contributed by atoms with Crippen LogP contribution in [-0.2, 0) is 6.54 Å². The van der Waals surface area contributed by atoms with Gasteiger partial charge in [0, 0.05) is 12.1 Å². The van der Waals surface area contributed by atoms with Crippen molar-refractivity contribution in [1.29, 1.82) is 5.41 Å². The number of nitrogens with two attached hydrogens (primary N) is 1. The fourth-order valence-corrected chi connectivity index (χ4v) is 3.05. The van der Waals surface area contributed by atoms with Gasteiger partial charge in [0.1, 0.15) is 5.84 Å². The third-order valence-corrected chi connectivity index (χ3v) is 4.46. The van der Waals surface area contributed by atoms with E-state index in [0.717, 1.165) is 18.0 Å². The van der Waals surface area contributed by atoms with Crippen LogP contribution >= 0.6 is 0 Å². The van der Waals surface area contributed by atoms with Crippen LogP contribution < -0.4 is 5.73 Å². The Kier molecular flexibility index (Phi) is 4.48. The van der Waals surface area contributed by atoms with Crippen LogP contribution in [0.3, 0.4) is 0 Å². The molecule has 0 unspecified atom stereocenters. The molecule has 1 saturated heterocycles.